The minimum atomic E-state index is 0.521. The molecule has 0 saturated carbocycles. The molecule has 0 radical (unpaired) electrons. The van der Waals surface area contributed by atoms with Crippen LogP contribution in [-0.2, 0) is 6.54 Å². The van der Waals surface area contributed by atoms with Gasteiger partial charge in [0.1, 0.15) is 5.75 Å². The number of furan rings is 1. The lowest BCUT2D eigenvalue weighted by atomic mass is 10.2. The van der Waals surface area contributed by atoms with Crippen LogP contribution in [0.4, 0.5) is 0 Å². The third-order valence-electron chi connectivity index (χ3n) is 3.34. The Morgan fingerprint density at radius 3 is 2.80 bits per heavy atom. The molecule has 6 nitrogen and oxygen atoms in total. The van der Waals surface area contributed by atoms with E-state index in [1.165, 1.54) is 0 Å². The molecule has 3 rings (SSSR count). The van der Waals surface area contributed by atoms with Crippen LogP contribution in [0.2, 0.25) is 0 Å². The van der Waals surface area contributed by atoms with Gasteiger partial charge in [0.2, 0.25) is 5.82 Å². The molecular weight excluding hydrogens is 336 g/mol. The molecule has 0 unspecified atom stereocenters. The number of nitrogens with zero attached hydrogens (tertiary/aromatic N) is 4. The van der Waals surface area contributed by atoms with Crippen LogP contribution in [0.3, 0.4) is 0 Å². The molecule has 0 aliphatic carbocycles. The van der Waals surface area contributed by atoms with Crippen molar-refractivity contribution in [3.05, 3.63) is 60.9 Å². The van der Waals surface area contributed by atoms with Crippen molar-refractivity contribution < 1.29 is 9.15 Å². The molecule has 2 aromatic heterocycles. The maximum atomic E-state index is 8.79. The van der Waals surface area contributed by atoms with E-state index in [9.17, 15) is 0 Å². The molecule has 1 aromatic carbocycles. The first-order chi connectivity index (χ1) is 12.3. The van der Waals surface area contributed by atoms with Crippen LogP contribution < -0.4 is 4.74 Å². The molecule has 0 saturated heterocycles. The van der Waals surface area contributed by atoms with E-state index in [4.69, 9.17) is 14.4 Å². The zero-order valence-electron chi connectivity index (χ0n) is 13.5. The second-order valence-electron chi connectivity index (χ2n) is 5.02. The van der Waals surface area contributed by atoms with Gasteiger partial charge in [-0.3, -0.25) is 4.57 Å². The molecule has 2 heterocycles. The van der Waals surface area contributed by atoms with E-state index in [1.54, 1.807) is 48.4 Å². The van der Waals surface area contributed by atoms with E-state index in [2.05, 4.69) is 22.8 Å². The van der Waals surface area contributed by atoms with Crippen molar-refractivity contribution >= 4 is 11.8 Å². The van der Waals surface area contributed by atoms with Crippen LogP contribution in [0.25, 0.3) is 11.6 Å². The number of benzene rings is 1. The molecule has 0 amide bonds. The van der Waals surface area contributed by atoms with Gasteiger partial charge >= 0.3 is 0 Å². The van der Waals surface area contributed by atoms with Crippen LogP contribution in [0.1, 0.15) is 5.56 Å². The van der Waals surface area contributed by atoms with E-state index in [1.807, 2.05) is 16.7 Å². The third kappa shape index (κ3) is 4.11. The fourth-order valence-corrected chi connectivity index (χ4v) is 2.96. The van der Waals surface area contributed by atoms with Gasteiger partial charge in [-0.1, -0.05) is 17.8 Å². The maximum absolute atomic E-state index is 8.79. The fraction of sp³-hybridized carbons (Fsp3) is 0.167. The van der Waals surface area contributed by atoms with E-state index in [-0.39, 0.29) is 0 Å². The SMILES string of the molecule is C=CCn1c(SCCOc2ccc(C#N)cc2)nnc1-c1ccco1. The normalized spacial score (nSPS) is 10.4. The molecule has 7 heteroatoms. The summed E-state index contributed by atoms with van der Waals surface area (Å²) < 4.78 is 13.0. The summed E-state index contributed by atoms with van der Waals surface area (Å²) in [7, 11) is 0. The highest BCUT2D eigenvalue weighted by Gasteiger charge is 2.15. The molecule has 3 aromatic rings. The number of thioether (sulfide) groups is 1. The molecule has 0 spiro atoms. The summed E-state index contributed by atoms with van der Waals surface area (Å²) >= 11 is 1.55. The Hall–Kier alpha value is -2.98. The number of rotatable bonds is 8. The summed E-state index contributed by atoms with van der Waals surface area (Å²) in [5.74, 6) is 2.81. The predicted octanol–water partition coefficient (Wildman–Crippen LogP) is 3.77. The predicted molar refractivity (Wildman–Crippen MR) is 95.3 cm³/mol. The van der Waals surface area contributed by atoms with Crippen molar-refractivity contribution in [2.45, 2.75) is 11.7 Å². The van der Waals surface area contributed by atoms with Gasteiger partial charge in [0, 0.05) is 12.3 Å². The number of nitriles is 1. The van der Waals surface area contributed by atoms with Gasteiger partial charge in [-0.05, 0) is 36.4 Å². The summed E-state index contributed by atoms with van der Waals surface area (Å²) in [6, 6.07) is 12.8. The van der Waals surface area contributed by atoms with E-state index < -0.39 is 0 Å². The van der Waals surface area contributed by atoms with Crippen molar-refractivity contribution in [1.29, 1.82) is 5.26 Å². The Bertz CT molecular complexity index is 864. The minimum Gasteiger partial charge on any atom is -0.493 e. The second kappa shape index (κ2) is 8.22. The lowest BCUT2D eigenvalue weighted by molar-refractivity contribution is 0.344. The van der Waals surface area contributed by atoms with Crippen molar-refractivity contribution in [2.24, 2.45) is 0 Å². The number of aromatic nitrogens is 3. The van der Waals surface area contributed by atoms with Crippen LogP contribution in [0.15, 0.2) is 64.9 Å². The summed E-state index contributed by atoms with van der Waals surface area (Å²) in [5.41, 5.74) is 0.615. The quantitative estimate of drug-likeness (QED) is 0.349. The zero-order valence-corrected chi connectivity index (χ0v) is 14.3. The Balaban J connectivity index is 1.59. The Kier molecular flexibility index (Phi) is 5.54. The molecule has 0 N–H and O–H groups in total. The first-order valence-electron chi connectivity index (χ1n) is 7.65. The van der Waals surface area contributed by atoms with Gasteiger partial charge in [-0.2, -0.15) is 5.26 Å². The Labute approximate surface area is 149 Å². The van der Waals surface area contributed by atoms with Crippen molar-refractivity contribution in [2.75, 3.05) is 12.4 Å². The Morgan fingerprint density at radius 2 is 2.12 bits per heavy atom. The summed E-state index contributed by atoms with van der Waals surface area (Å²) in [6.07, 6.45) is 3.41. The summed E-state index contributed by atoms with van der Waals surface area (Å²) in [6.45, 7) is 4.91. The lowest BCUT2D eigenvalue weighted by Crippen LogP contribution is -2.04. The van der Waals surface area contributed by atoms with Gasteiger partial charge < -0.3 is 9.15 Å². The van der Waals surface area contributed by atoms with Crippen LogP contribution in [-0.4, -0.2) is 27.1 Å². The van der Waals surface area contributed by atoms with E-state index in [0.717, 1.165) is 10.9 Å². The molecular formula is C18H16N4O2S. The number of allylic oxidation sites excluding steroid dienone is 1. The highest BCUT2D eigenvalue weighted by molar-refractivity contribution is 7.99. The number of hydrogen-bond donors (Lipinski definition) is 0. The number of ether oxygens (including phenoxy) is 1. The highest BCUT2D eigenvalue weighted by atomic mass is 32.2. The molecule has 0 aliphatic rings. The van der Waals surface area contributed by atoms with Gasteiger partial charge in [0.15, 0.2) is 10.9 Å². The molecule has 0 fully saturated rings. The van der Waals surface area contributed by atoms with Crippen LogP contribution in [0.5, 0.6) is 5.75 Å². The maximum Gasteiger partial charge on any atom is 0.200 e. The molecule has 0 atom stereocenters. The van der Waals surface area contributed by atoms with E-state index in [0.29, 0.717) is 36.1 Å². The van der Waals surface area contributed by atoms with Gasteiger partial charge in [-0.25, -0.2) is 0 Å². The molecule has 126 valence electrons. The topological polar surface area (TPSA) is 76.9 Å². The van der Waals surface area contributed by atoms with Crippen molar-refractivity contribution in [3.8, 4) is 23.4 Å². The van der Waals surface area contributed by atoms with Gasteiger partial charge in [0.25, 0.3) is 0 Å². The first-order valence-corrected chi connectivity index (χ1v) is 8.64. The van der Waals surface area contributed by atoms with Crippen LogP contribution in [0, 0.1) is 11.3 Å². The average molecular weight is 352 g/mol. The molecule has 25 heavy (non-hydrogen) atoms. The fourth-order valence-electron chi connectivity index (χ4n) is 2.20. The summed E-state index contributed by atoms with van der Waals surface area (Å²) in [4.78, 5) is 0. The smallest absolute Gasteiger partial charge is 0.200 e. The minimum absolute atomic E-state index is 0.521. The average Bonchev–Trinajstić information content (AvgIpc) is 3.30. The monoisotopic (exact) mass is 352 g/mol. The van der Waals surface area contributed by atoms with Gasteiger partial charge in [0.05, 0.1) is 24.5 Å². The Morgan fingerprint density at radius 1 is 1.28 bits per heavy atom. The highest BCUT2D eigenvalue weighted by Crippen LogP contribution is 2.24. The summed E-state index contributed by atoms with van der Waals surface area (Å²) in [5, 5.41) is 18.0. The second-order valence-corrected chi connectivity index (χ2v) is 6.08. The van der Waals surface area contributed by atoms with Gasteiger partial charge in [-0.15, -0.1) is 16.8 Å². The molecule has 0 aliphatic heterocycles. The molecule has 0 bridgehead atoms. The standard InChI is InChI=1S/C18H16N4O2S/c1-2-9-22-17(16-4-3-10-24-16)20-21-18(22)25-12-11-23-15-7-5-14(13-19)6-8-15/h2-8,10H,1,9,11-12H2. The van der Waals surface area contributed by atoms with Crippen molar-refractivity contribution in [3.63, 3.8) is 0 Å². The zero-order chi connectivity index (χ0) is 17.5. The third-order valence-corrected chi connectivity index (χ3v) is 4.27. The largest absolute Gasteiger partial charge is 0.493 e. The van der Waals surface area contributed by atoms with Crippen molar-refractivity contribution in [1.82, 2.24) is 14.8 Å². The first kappa shape index (κ1) is 16.9. The van der Waals surface area contributed by atoms with E-state index >= 15 is 0 Å². The number of hydrogen-bond acceptors (Lipinski definition) is 6. The lowest BCUT2D eigenvalue weighted by Gasteiger charge is -2.07. The van der Waals surface area contributed by atoms with Crippen LogP contribution >= 0.6 is 11.8 Å².